The second-order valence-corrected chi connectivity index (χ2v) is 3.22. The van der Waals surface area contributed by atoms with Gasteiger partial charge in [0.05, 0.1) is 0 Å². The molecule has 1 N–H and O–H groups in total. The summed E-state index contributed by atoms with van der Waals surface area (Å²) in [6, 6.07) is 0.558. The lowest BCUT2D eigenvalue weighted by Gasteiger charge is -2.12. The van der Waals surface area contributed by atoms with Gasteiger partial charge in [0.2, 0.25) is 0 Å². The van der Waals surface area contributed by atoms with Crippen LogP contribution in [0, 0.1) is 0 Å². The first kappa shape index (κ1) is 9.25. The van der Waals surface area contributed by atoms with Gasteiger partial charge in [0.1, 0.15) is 0 Å². The Hall–Kier alpha value is 0.250. The van der Waals surface area contributed by atoms with Gasteiger partial charge in [0.25, 0.3) is 0 Å². The van der Waals surface area contributed by atoms with Gasteiger partial charge >= 0.3 is 0 Å². The van der Waals surface area contributed by atoms with Crippen LogP contribution in [-0.4, -0.2) is 18.0 Å². The third-order valence-corrected chi connectivity index (χ3v) is 1.41. The van der Waals surface area contributed by atoms with Gasteiger partial charge in [-0.25, -0.2) is 0 Å². The molecular formula is C7H16ClN. The number of alkyl halides is 1. The lowest BCUT2D eigenvalue weighted by molar-refractivity contribution is 0.527. The number of hydrogen-bond acceptors (Lipinski definition) is 1. The Morgan fingerprint density at radius 1 is 1.44 bits per heavy atom. The Balaban J connectivity index is 3.15. The van der Waals surface area contributed by atoms with Crippen molar-refractivity contribution in [3.8, 4) is 0 Å². The maximum absolute atomic E-state index is 5.77. The molecule has 0 aliphatic carbocycles. The van der Waals surface area contributed by atoms with Crippen molar-refractivity contribution >= 4 is 11.6 Å². The fourth-order valence-electron chi connectivity index (χ4n) is 0.919. The highest BCUT2D eigenvalue weighted by Gasteiger charge is 2.02. The minimum absolute atomic E-state index is 0.291. The SMILES string of the molecule is CCNC(C)CC(C)Cl. The summed E-state index contributed by atoms with van der Waals surface area (Å²) < 4.78 is 0. The molecule has 0 aliphatic heterocycles. The Bertz CT molecular complexity index is 63.9. The summed E-state index contributed by atoms with van der Waals surface area (Å²) in [4.78, 5) is 0. The normalized spacial score (nSPS) is 17.3. The fraction of sp³-hybridized carbons (Fsp3) is 1.00. The van der Waals surface area contributed by atoms with Crippen LogP contribution in [0.4, 0.5) is 0 Å². The van der Waals surface area contributed by atoms with Crippen molar-refractivity contribution in [1.82, 2.24) is 5.32 Å². The summed E-state index contributed by atoms with van der Waals surface area (Å²) >= 11 is 5.77. The van der Waals surface area contributed by atoms with Crippen molar-refractivity contribution in [3.63, 3.8) is 0 Å². The molecular weight excluding hydrogens is 134 g/mol. The van der Waals surface area contributed by atoms with Gasteiger partial charge in [0, 0.05) is 11.4 Å². The summed E-state index contributed by atoms with van der Waals surface area (Å²) in [6.45, 7) is 7.32. The van der Waals surface area contributed by atoms with Gasteiger partial charge in [-0.05, 0) is 26.8 Å². The van der Waals surface area contributed by atoms with Gasteiger partial charge in [-0.1, -0.05) is 6.92 Å². The first-order chi connectivity index (χ1) is 4.16. The zero-order valence-electron chi connectivity index (χ0n) is 6.45. The third-order valence-electron chi connectivity index (χ3n) is 1.23. The van der Waals surface area contributed by atoms with E-state index in [0.717, 1.165) is 13.0 Å². The zero-order chi connectivity index (χ0) is 7.28. The highest BCUT2D eigenvalue weighted by molar-refractivity contribution is 6.20. The van der Waals surface area contributed by atoms with E-state index in [1.807, 2.05) is 6.92 Å². The summed E-state index contributed by atoms with van der Waals surface area (Å²) in [5.74, 6) is 0. The molecule has 0 spiro atoms. The highest BCUT2D eigenvalue weighted by atomic mass is 35.5. The molecule has 0 aromatic rings. The molecule has 56 valence electrons. The maximum Gasteiger partial charge on any atom is 0.0322 e. The molecule has 2 heteroatoms. The van der Waals surface area contributed by atoms with Crippen LogP contribution < -0.4 is 5.32 Å². The molecule has 0 rings (SSSR count). The molecule has 9 heavy (non-hydrogen) atoms. The maximum atomic E-state index is 5.77. The van der Waals surface area contributed by atoms with E-state index in [4.69, 9.17) is 11.6 Å². The first-order valence-electron chi connectivity index (χ1n) is 3.54. The van der Waals surface area contributed by atoms with Crippen molar-refractivity contribution in [2.75, 3.05) is 6.54 Å². The number of halogens is 1. The lowest BCUT2D eigenvalue weighted by atomic mass is 10.2. The molecule has 0 aliphatic rings. The second-order valence-electron chi connectivity index (χ2n) is 2.48. The molecule has 0 aromatic heterocycles. The van der Waals surface area contributed by atoms with Crippen molar-refractivity contribution in [1.29, 1.82) is 0 Å². The van der Waals surface area contributed by atoms with Crippen molar-refractivity contribution in [3.05, 3.63) is 0 Å². The second kappa shape index (κ2) is 5.07. The van der Waals surface area contributed by atoms with E-state index < -0.39 is 0 Å². The van der Waals surface area contributed by atoms with Crippen LogP contribution in [0.3, 0.4) is 0 Å². The summed E-state index contributed by atoms with van der Waals surface area (Å²) in [7, 11) is 0. The number of rotatable bonds is 4. The Morgan fingerprint density at radius 2 is 2.00 bits per heavy atom. The van der Waals surface area contributed by atoms with E-state index in [-0.39, 0.29) is 0 Å². The molecule has 1 nitrogen and oxygen atoms in total. The van der Waals surface area contributed by atoms with E-state index in [9.17, 15) is 0 Å². The molecule has 0 fully saturated rings. The fourth-order valence-corrected chi connectivity index (χ4v) is 1.19. The monoisotopic (exact) mass is 149 g/mol. The third kappa shape index (κ3) is 6.13. The van der Waals surface area contributed by atoms with Gasteiger partial charge in [-0.3, -0.25) is 0 Å². The average molecular weight is 150 g/mol. The van der Waals surface area contributed by atoms with Crippen molar-refractivity contribution in [2.45, 2.75) is 38.6 Å². The summed E-state index contributed by atoms with van der Waals surface area (Å²) in [5, 5.41) is 3.58. The van der Waals surface area contributed by atoms with Crippen LogP contribution in [0.25, 0.3) is 0 Å². The van der Waals surface area contributed by atoms with Gasteiger partial charge < -0.3 is 5.32 Å². The average Bonchev–Trinajstić information content (AvgIpc) is 1.63. The first-order valence-corrected chi connectivity index (χ1v) is 3.98. The van der Waals surface area contributed by atoms with Crippen LogP contribution >= 0.6 is 11.6 Å². The molecule has 2 unspecified atom stereocenters. The van der Waals surface area contributed by atoms with Crippen LogP contribution in [0.5, 0.6) is 0 Å². The predicted octanol–water partition coefficient (Wildman–Crippen LogP) is 2.00. The Morgan fingerprint density at radius 3 is 2.33 bits per heavy atom. The summed E-state index contributed by atoms with van der Waals surface area (Å²) in [6.07, 6.45) is 1.05. The molecule has 0 heterocycles. The molecule has 0 bridgehead atoms. The lowest BCUT2D eigenvalue weighted by Crippen LogP contribution is -2.27. The molecule has 0 radical (unpaired) electrons. The van der Waals surface area contributed by atoms with Gasteiger partial charge in [0.15, 0.2) is 0 Å². The van der Waals surface area contributed by atoms with Crippen LogP contribution in [0.15, 0.2) is 0 Å². The van der Waals surface area contributed by atoms with Crippen molar-refractivity contribution in [2.24, 2.45) is 0 Å². The predicted molar refractivity (Wildman–Crippen MR) is 43.1 cm³/mol. The largest absolute Gasteiger partial charge is 0.314 e. The molecule has 2 atom stereocenters. The van der Waals surface area contributed by atoms with E-state index in [2.05, 4.69) is 19.2 Å². The van der Waals surface area contributed by atoms with Gasteiger partial charge in [-0.2, -0.15) is 0 Å². The zero-order valence-corrected chi connectivity index (χ0v) is 7.20. The van der Waals surface area contributed by atoms with E-state index in [1.54, 1.807) is 0 Å². The topological polar surface area (TPSA) is 12.0 Å². The van der Waals surface area contributed by atoms with E-state index in [0.29, 0.717) is 11.4 Å². The smallest absolute Gasteiger partial charge is 0.0322 e. The van der Waals surface area contributed by atoms with E-state index >= 15 is 0 Å². The summed E-state index contributed by atoms with van der Waals surface area (Å²) in [5.41, 5.74) is 0. The highest BCUT2D eigenvalue weighted by Crippen LogP contribution is 2.03. The van der Waals surface area contributed by atoms with Crippen LogP contribution in [0.1, 0.15) is 27.2 Å². The van der Waals surface area contributed by atoms with Crippen LogP contribution in [0.2, 0.25) is 0 Å². The Kier molecular flexibility index (Phi) is 5.21. The molecule has 0 amide bonds. The Labute approximate surface area is 62.8 Å². The number of hydrogen-bond donors (Lipinski definition) is 1. The van der Waals surface area contributed by atoms with Gasteiger partial charge in [-0.15, -0.1) is 11.6 Å². The number of nitrogens with one attached hydrogen (secondary N) is 1. The van der Waals surface area contributed by atoms with Crippen LogP contribution in [-0.2, 0) is 0 Å². The quantitative estimate of drug-likeness (QED) is 0.603. The van der Waals surface area contributed by atoms with E-state index in [1.165, 1.54) is 0 Å². The van der Waals surface area contributed by atoms with Crippen molar-refractivity contribution < 1.29 is 0 Å². The molecule has 0 saturated heterocycles. The minimum atomic E-state index is 0.291. The molecule has 0 saturated carbocycles. The standard InChI is InChI=1S/C7H16ClN/c1-4-9-7(3)5-6(2)8/h6-7,9H,4-5H2,1-3H3. The minimum Gasteiger partial charge on any atom is -0.314 e. The molecule has 0 aromatic carbocycles.